The van der Waals surface area contributed by atoms with Crippen LogP contribution in [-0.4, -0.2) is 10.2 Å². The number of hydrogen-bond donors (Lipinski definition) is 0. The van der Waals surface area contributed by atoms with E-state index in [4.69, 9.17) is 0 Å². The predicted molar refractivity (Wildman–Crippen MR) is 83.4 cm³/mol. The molecule has 0 aliphatic heterocycles. The van der Waals surface area contributed by atoms with Gasteiger partial charge in [-0.15, -0.1) is 10.2 Å². The van der Waals surface area contributed by atoms with Crippen LogP contribution in [0, 0.1) is 5.82 Å². The smallest absolute Gasteiger partial charge is 0.123 e. The number of rotatable bonds is 4. The monoisotopic (exact) mass is 296 g/mol. The van der Waals surface area contributed by atoms with Crippen molar-refractivity contribution in [3.05, 3.63) is 78.1 Å². The zero-order chi connectivity index (χ0) is 14.5. The lowest BCUT2D eigenvalue weighted by Gasteiger charge is -2.03. The molecular formula is C17H13FN2S. The van der Waals surface area contributed by atoms with Crippen molar-refractivity contribution in [2.24, 2.45) is 0 Å². The van der Waals surface area contributed by atoms with Gasteiger partial charge in [-0.25, -0.2) is 4.39 Å². The van der Waals surface area contributed by atoms with E-state index >= 15 is 0 Å². The first-order chi connectivity index (χ1) is 10.3. The van der Waals surface area contributed by atoms with Gasteiger partial charge in [0.1, 0.15) is 10.8 Å². The SMILES string of the molecule is Fc1cccc(CSc2ccc(-c3ccccc3)nn2)c1. The number of thioether (sulfide) groups is 1. The molecule has 4 heteroatoms. The van der Waals surface area contributed by atoms with E-state index < -0.39 is 0 Å². The molecule has 3 rings (SSSR count). The molecule has 0 unspecified atom stereocenters. The van der Waals surface area contributed by atoms with E-state index in [-0.39, 0.29) is 5.82 Å². The number of nitrogens with zero attached hydrogens (tertiary/aromatic N) is 2. The highest BCUT2D eigenvalue weighted by atomic mass is 32.2. The molecule has 0 fully saturated rings. The Labute approximate surface area is 127 Å². The molecule has 1 aromatic heterocycles. The van der Waals surface area contributed by atoms with Crippen molar-refractivity contribution in [1.82, 2.24) is 10.2 Å². The standard InChI is InChI=1S/C17H13FN2S/c18-15-8-4-5-13(11-15)12-21-17-10-9-16(19-20-17)14-6-2-1-3-7-14/h1-11H,12H2. The number of benzene rings is 2. The quantitative estimate of drug-likeness (QED) is 0.659. The van der Waals surface area contributed by atoms with E-state index in [0.29, 0.717) is 5.75 Å². The van der Waals surface area contributed by atoms with E-state index in [1.165, 1.54) is 6.07 Å². The molecule has 2 nitrogen and oxygen atoms in total. The third kappa shape index (κ3) is 3.67. The highest BCUT2D eigenvalue weighted by Gasteiger charge is 2.02. The number of halogens is 1. The van der Waals surface area contributed by atoms with Gasteiger partial charge in [0.15, 0.2) is 0 Å². The van der Waals surface area contributed by atoms with Crippen LogP contribution >= 0.6 is 11.8 Å². The van der Waals surface area contributed by atoms with E-state index in [1.54, 1.807) is 23.9 Å². The van der Waals surface area contributed by atoms with Crippen molar-refractivity contribution < 1.29 is 4.39 Å². The van der Waals surface area contributed by atoms with Crippen LogP contribution in [0.5, 0.6) is 0 Å². The first kappa shape index (κ1) is 13.8. The Morgan fingerprint density at radius 3 is 2.43 bits per heavy atom. The van der Waals surface area contributed by atoms with E-state index in [9.17, 15) is 4.39 Å². The van der Waals surface area contributed by atoms with Crippen molar-refractivity contribution in [3.63, 3.8) is 0 Å². The minimum absolute atomic E-state index is 0.210. The fraction of sp³-hybridized carbons (Fsp3) is 0.0588. The molecule has 0 radical (unpaired) electrons. The molecule has 0 saturated carbocycles. The summed E-state index contributed by atoms with van der Waals surface area (Å²) in [4.78, 5) is 0. The van der Waals surface area contributed by atoms with Gasteiger partial charge in [-0.05, 0) is 29.8 Å². The fourth-order valence-electron chi connectivity index (χ4n) is 1.94. The highest BCUT2D eigenvalue weighted by Crippen LogP contribution is 2.22. The topological polar surface area (TPSA) is 25.8 Å². The van der Waals surface area contributed by atoms with E-state index in [0.717, 1.165) is 21.8 Å². The van der Waals surface area contributed by atoms with Gasteiger partial charge in [0.25, 0.3) is 0 Å². The van der Waals surface area contributed by atoms with Crippen molar-refractivity contribution in [1.29, 1.82) is 0 Å². The van der Waals surface area contributed by atoms with Crippen molar-refractivity contribution >= 4 is 11.8 Å². The van der Waals surface area contributed by atoms with Crippen LogP contribution in [0.15, 0.2) is 71.8 Å². The van der Waals surface area contributed by atoms with Crippen molar-refractivity contribution in [3.8, 4) is 11.3 Å². The Morgan fingerprint density at radius 1 is 0.857 bits per heavy atom. The van der Waals surface area contributed by atoms with Gasteiger partial charge in [-0.3, -0.25) is 0 Å². The maximum Gasteiger partial charge on any atom is 0.123 e. The zero-order valence-corrected chi connectivity index (χ0v) is 12.1. The van der Waals surface area contributed by atoms with Crippen molar-refractivity contribution in [2.75, 3.05) is 0 Å². The average Bonchev–Trinajstić information content (AvgIpc) is 2.54. The molecule has 104 valence electrons. The molecule has 1 heterocycles. The van der Waals surface area contributed by atoms with Gasteiger partial charge < -0.3 is 0 Å². The molecule has 0 N–H and O–H groups in total. The van der Waals surface area contributed by atoms with Gasteiger partial charge >= 0.3 is 0 Å². The number of aromatic nitrogens is 2. The first-order valence-corrected chi connectivity index (χ1v) is 7.56. The summed E-state index contributed by atoms with van der Waals surface area (Å²) in [6.07, 6.45) is 0. The molecule has 0 saturated heterocycles. The van der Waals surface area contributed by atoms with Crippen LogP contribution in [0.4, 0.5) is 4.39 Å². The maximum absolute atomic E-state index is 13.1. The lowest BCUT2D eigenvalue weighted by molar-refractivity contribution is 0.626. The Bertz CT molecular complexity index is 714. The average molecular weight is 296 g/mol. The minimum Gasteiger partial charge on any atom is -0.207 e. The molecule has 0 spiro atoms. The molecule has 21 heavy (non-hydrogen) atoms. The summed E-state index contributed by atoms with van der Waals surface area (Å²) in [5.41, 5.74) is 2.84. The third-order valence-corrected chi connectivity index (χ3v) is 3.98. The second-order valence-electron chi connectivity index (χ2n) is 4.54. The fourth-order valence-corrected chi connectivity index (χ4v) is 2.70. The minimum atomic E-state index is -0.210. The summed E-state index contributed by atoms with van der Waals surface area (Å²) in [5.74, 6) is 0.468. The molecule has 3 aromatic rings. The Balaban J connectivity index is 1.68. The highest BCUT2D eigenvalue weighted by molar-refractivity contribution is 7.98. The number of hydrogen-bond acceptors (Lipinski definition) is 3. The van der Waals surface area contributed by atoms with Gasteiger partial charge in [-0.1, -0.05) is 54.2 Å². The van der Waals surface area contributed by atoms with Crippen LogP contribution in [0.3, 0.4) is 0 Å². The van der Waals surface area contributed by atoms with Gasteiger partial charge in [0.05, 0.1) is 5.69 Å². The molecule has 2 aromatic carbocycles. The Hall–Kier alpha value is -2.20. The molecule has 0 aliphatic rings. The summed E-state index contributed by atoms with van der Waals surface area (Å²) < 4.78 is 13.1. The second-order valence-corrected chi connectivity index (χ2v) is 5.54. The summed E-state index contributed by atoms with van der Waals surface area (Å²) in [5, 5.41) is 9.28. The van der Waals surface area contributed by atoms with Crippen molar-refractivity contribution in [2.45, 2.75) is 10.8 Å². The van der Waals surface area contributed by atoms with E-state index in [1.807, 2.05) is 48.5 Å². The van der Waals surface area contributed by atoms with E-state index in [2.05, 4.69) is 10.2 Å². The molecule has 0 aliphatic carbocycles. The van der Waals surface area contributed by atoms with Crippen LogP contribution < -0.4 is 0 Å². The zero-order valence-electron chi connectivity index (χ0n) is 11.2. The predicted octanol–water partition coefficient (Wildman–Crippen LogP) is 4.58. The third-order valence-electron chi connectivity index (χ3n) is 2.99. The van der Waals surface area contributed by atoms with Gasteiger partial charge in [0, 0.05) is 11.3 Å². The normalized spacial score (nSPS) is 10.5. The maximum atomic E-state index is 13.1. The summed E-state index contributed by atoms with van der Waals surface area (Å²) >= 11 is 1.55. The van der Waals surface area contributed by atoms with Crippen LogP contribution in [0.1, 0.15) is 5.56 Å². The lowest BCUT2D eigenvalue weighted by Crippen LogP contribution is -1.90. The van der Waals surface area contributed by atoms with Gasteiger partial charge in [-0.2, -0.15) is 0 Å². The van der Waals surface area contributed by atoms with Gasteiger partial charge in [0.2, 0.25) is 0 Å². The summed E-state index contributed by atoms with van der Waals surface area (Å²) in [6.45, 7) is 0. The summed E-state index contributed by atoms with van der Waals surface area (Å²) in [6, 6.07) is 20.4. The Morgan fingerprint density at radius 2 is 1.71 bits per heavy atom. The summed E-state index contributed by atoms with van der Waals surface area (Å²) in [7, 11) is 0. The molecule has 0 bridgehead atoms. The lowest BCUT2D eigenvalue weighted by atomic mass is 10.1. The first-order valence-electron chi connectivity index (χ1n) is 6.58. The molecule has 0 amide bonds. The van der Waals surface area contributed by atoms with Crippen LogP contribution in [0.2, 0.25) is 0 Å². The second kappa shape index (κ2) is 6.50. The molecule has 0 atom stereocenters. The Kier molecular flexibility index (Phi) is 4.26. The van der Waals surface area contributed by atoms with Crippen LogP contribution in [0.25, 0.3) is 11.3 Å². The largest absolute Gasteiger partial charge is 0.207 e. The molecular weight excluding hydrogens is 283 g/mol. The van der Waals surface area contributed by atoms with Crippen LogP contribution in [-0.2, 0) is 5.75 Å².